The number of ether oxygens (including phenoxy) is 2. The maximum atomic E-state index is 10.9. The van der Waals surface area contributed by atoms with E-state index in [2.05, 4.69) is 10.6 Å². The molecule has 6 nitrogen and oxygen atoms in total. The van der Waals surface area contributed by atoms with Gasteiger partial charge in [0, 0.05) is 24.8 Å². The van der Waals surface area contributed by atoms with Gasteiger partial charge >= 0.3 is 5.97 Å². The van der Waals surface area contributed by atoms with Crippen LogP contribution in [0, 0.1) is 0 Å². The highest BCUT2D eigenvalue weighted by Crippen LogP contribution is 2.32. The van der Waals surface area contributed by atoms with Crippen molar-refractivity contribution in [2.45, 2.75) is 12.0 Å². The number of aliphatic carboxylic acids is 1. The van der Waals surface area contributed by atoms with E-state index >= 15 is 0 Å². The minimum absolute atomic E-state index is 0.0777. The lowest BCUT2D eigenvalue weighted by atomic mass is 9.88. The lowest BCUT2D eigenvalue weighted by molar-refractivity contribution is -0.138. The predicted molar refractivity (Wildman–Crippen MR) is 71.0 cm³/mol. The first-order valence-corrected chi connectivity index (χ1v) is 6.01. The largest absolute Gasteiger partial charge is 0.493 e. The predicted octanol–water partition coefficient (Wildman–Crippen LogP) is 0.932. The van der Waals surface area contributed by atoms with Crippen LogP contribution in [0.1, 0.15) is 6.42 Å². The SMILES string of the molecule is COc1ccc(NC2(CC(=O)O)CNC2)cc1OC. The van der Waals surface area contributed by atoms with Crippen molar-refractivity contribution in [2.24, 2.45) is 0 Å². The standard InChI is InChI=1S/C13H18N2O4/c1-18-10-4-3-9(5-11(10)19-2)15-13(6-12(16)17)7-14-8-13/h3-5,14-15H,6-8H2,1-2H3,(H,16,17). The molecule has 0 spiro atoms. The Balaban J connectivity index is 2.16. The first-order valence-electron chi connectivity index (χ1n) is 6.01. The lowest BCUT2D eigenvalue weighted by Crippen LogP contribution is -2.65. The normalized spacial score (nSPS) is 16.3. The number of benzene rings is 1. The van der Waals surface area contributed by atoms with E-state index in [1.54, 1.807) is 26.4 Å². The Morgan fingerprint density at radius 3 is 2.53 bits per heavy atom. The monoisotopic (exact) mass is 266 g/mol. The Morgan fingerprint density at radius 2 is 2.05 bits per heavy atom. The lowest BCUT2D eigenvalue weighted by Gasteiger charge is -2.43. The molecular formula is C13H18N2O4. The number of hydrogen-bond acceptors (Lipinski definition) is 5. The number of nitrogens with one attached hydrogen (secondary N) is 2. The molecule has 3 N–H and O–H groups in total. The molecule has 1 aliphatic rings. The first kappa shape index (κ1) is 13.5. The van der Waals surface area contributed by atoms with E-state index < -0.39 is 11.5 Å². The van der Waals surface area contributed by atoms with E-state index in [4.69, 9.17) is 14.6 Å². The maximum Gasteiger partial charge on any atom is 0.305 e. The molecule has 1 heterocycles. The van der Waals surface area contributed by atoms with Gasteiger partial charge in [-0.15, -0.1) is 0 Å². The van der Waals surface area contributed by atoms with Crippen LogP contribution in [0.15, 0.2) is 18.2 Å². The van der Waals surface area contributed by atoms with Crippen molar-refractivity contribution in [1.29, 1.82) is 0 Å². The fourth-order valence-corrected chi connectivity index (χ4v) is 2.19. The molecule has 1 aliphatic heterocycles. The summed E-state index contributed by atoms with van der Waals surface area (Å²) in [7, 11) is 3.15. The average molecular weight is 266 g/mol. The van der Waals surface area contributed by atoms with E-state index in [9.17, 15) is 4.79 Å². The van der Waals surface area contributed by atoms with Gasteiger partial charge in [-0.2, -0.15) is 0 Å². The van der Waals surface area contributed by atoms with Crippen molar-refractivity contribution in [2.75, 3.05) is 32.6 Å². The third-order valence-corrected chi connectivity index (χ3v) is 3.21. The van der Waals surface area contributed by atoms with Gasteiger partial charge in [0.1, 0.15) is 0 Å². The molecule has 1 aromatic rings. The molecule has 0 unspecified atom stereocenters. The van der Waals surface area contributed by atoms with Gasteiger partial charge in [0.25, 0.3) is 0 Å². The van der Waals surface area contributed by atoms with Gasteiger partial charge in [0.05, 0.1) is 26.2 Å². The summed E-state index contributed by atoms with van der Waals surface area (Å²) >= 11 is 0. The second-order valence-electron chi connectivity index (χ2n) is 4.65. The summed E-state index contributed by atoms with van der Waals surface area (Å²) < 4.78 is 10.4. The topological polar surface area (TPSA) is 79.8 Å². The van der Waals surface area contributed by atoms with Gasteiger partial charge in [-0.25, -0.2) is 0 Å². The van der Waals surface area contributed by atoms with Gasteiger partial charge in [-0.1, -0.05) is 0 Å². The van der Waals surface area contributed by atoms with E-state index in [-0.39, 0.29) is 6.42 Å². The van der Waals surface area contributed by atoms with Crippen LogP contribution >= 0.6 is 0 Å². The first-order chi connectivity index (χ1) is 9.08. The van der Waals surface area contributed by atoms with Crippen LogP contribution in [0.4, 0.5) is 5.69 Å². The molecular weight excluding hydrogens is 248 g/mol. The van der Waals surface area contributed by atoms with E-state index in [1.807, 2.05) is 6.07 Å². The Labute approximate surface area is 111 Å². The summed E-state index contributed by atoms with van der Waals surface area (Å²) in [5.74, 6) is 0.451. The molecule has 0 aromatic heterocycles. The summed E-state index contributed by atoms with van der Waals surface area (Å²) in [6.07, 6.45) is 0.0777. The Morgan fingerprint density at radius 1 is 1.37 bits per heavy atom. The summed E-state index contributed by atoms with van der Waals surface area (Å²) in [6.45, 7) is 1.27. The van der Waals surface area contributed by atoms with Crippen molar-refractivity contribution in [3.8, 4) is 11.5 Å². The van der Waals surface area contributed by atoms with Crippen LogP contribution in [0.5, 0.6) is 11.5 Å². The van der Waals surface area contributed by atoms with Gasteiger partial charge in [0.2, 0.25) is 0 Å². The zero-order valence-electron chi connectivity index (χ0n) is 11.0. The smallest absolute Gasteiger partial charge is 0.305 e. The minimum Gasteiger partial charge on any atom is -0.493 e. The third kappa shape index (κ3) is 2.90. The zero-order chi connectivity index (χ0) is 13.9. The number of hydrogen-bond donors (Lipinski definition) is 3. The molecule has 2 rings (SSSR count). The van der Waals surface area contributed by atoms with Crippen LogP contribution < -0.4 is 20.1 Å². The highest BCUT2D eigenvalue weighted by molar-refractivity contribution is 5.70. The highest BCUT2D eigenvalue weighted by atomic mass is 16.5. The Kier molecular flexibility index (Phi) is 3.80. The molecule has 1 aromatic carbocycles. The van der Waals surface area contributed by atoms with E-state index in [0.717, 1.165) is 5.69 Å². The quantitative estimate of drug-likeness (QED) is 0.711. The fraction of sp³-hybridized carbons (Fsp3) is 0.462. The number of carboxylic acid groups (broad SMARTS) is 1. The van der Waals surface area contributed by atoms with Crippen LogP contribution in [-0.2, 0) is 4.79 Å². The molecule has 1 saturated heterocycles. The van der Waals surface area contributed by atoms with Crippen molar-refractivity contribution in [3.63, 3.8) is 0 Å². The molecule has 0 saturated carbocycles. The molecule has 1 fully saturated rings. The van der Waals surface area contributed by atoms with Gasteiger partial charge < -0.3 is 25.2 Å². The average Bonchev–Trinajstić information content (AvgIpc) is 2.35. The van der Waals surface area contributed by atoms with E-state index in [1.165, 1.54) is 0 Å². The number of methoxy groups -OCH3 is 2. The van der Waals surface area contributed by atoms with Crippen LogP contribution in [-0.4, -0.2) is 43.9 Å². The Bertz CT molecular complexity index is 472. The van der Waals surface area contributed by atoms with Crippen LogP contribution in [0.2, 0.25) is 0 Å². The molecule has 0 bridgehead atoms. The molecule has 0 amide bonds. The van der Waals surface area contributed by atoms with Crippen LogP contribution in [0.25, 0.3) is 0 Å². The summed E-state index contributed by atoms with van der Waals surface area (Å²) in [5.41, 5.74) is 0.395. The molecule has 19 heavy (non-hydrogen) atoms. The Hall–Kier alpha value is -1.95. The van der Waals surface area contributed by atoms with Gasteiger partial charge in [-0.3, -0.25) is 4.79 Å². The van der Waals surface area contributed by atoms with E-state index in [0.29, 0.717) is 24.6 Å². The second-order valence-corrected chi connectivity index (χ2v) is 4.65. The summed E-state index contributed by atoms with van der Waals surface area (Å²) in [4.78, 5) is 10.9. The molecule has 0 aliphatic carbocycles. The van der Waals surface area contributed by atoms with Crippen LogP contribution in [0.3, 0.4) is 0 Å². The van der Waals surface area contributed by atoms with Gasteiger partial charge in [0.15, 0.2) is 11.5 Å². The molecule has 0 radical (unpaired) electrons. The number of carboxylic acids is 1. The molecule has 104 valence electrons. The van der Waals surface area contributed by atoms with Crippen molar-refractivity contribution < 1.29 is 19.4 Å². The second kappa shape index (κ2) is 5.36. The fourth-order valence-electron chi connectivity index (χ4n) is 2.19. The maximum absolute atomic E-state index is 10.9. The van der Waals surface area contributed by atoms with Crippen molar-refractivity contribution >= 4 is 11.7 Å². The number of rotatable bonds is 6. The summed E-state index contributed by atoms with van der Waals surface area (Å²) in [6, 6.07) is 5.45. The summed E-state index contributed by atoms with van der Waals surface area (Å²) in [5, 5.41) is 15.3. The molecule has 0 atom stereocenters. The minimum atomic E-state index is -0.811. The van der Waals surface area contributed by atoms with Gasteiger partial charge in [-0.05, 0) is 12.1 Å². The van der Waals surface area contributed by atoms with Crippen molar-refractivity contribution in [3.05, 3.63) is 18.2 Å². The zero-order valence-corrected chi connectivity index (χ0v) is 11.0. The number of anilines is 1. The highest BCUT2D eigenvalue weighted by Gasteiger charge is 2.39. The van der Waals surface area contributed by atoms with Crippen molar-refractivity contribution in [1.82, 2.24) is 5.32 Å². The molecule has 6 heteroatoms. The number of carbonyl (C=O) groups is 1. The third-order valence-electron chi connectivity index (χ3n) is 3.21.